The summed E-state index contributed by atoms with van der Waals surface area (Å²) in [6.07, 6.45) is 2.00. The van der Waals surface area contributed by atoms with E-state index in [1.165, 1.54) is 7.11 Å². The van der Waals surface area contributed by atoms with Gasteiger partial charge in [-0.25, -0.2) is 0 Å². The molecule has 0 aliphatic carbocycles. The number of carbonyl (C=O) groups excluding carboxylic acids is 2. The number of esters is 1. The van der Waals surface area contributed by atoms with Gasteiger partial charge in [-0.2, -0.15) is 0 Å². The maximum atomic E-state index is 10.5. The molecule has 0 saturated heterocycles. The first-order valence-corrected chi connectivity index (χ1v) is 3.79. The molecule has 0 rings (SSSR count). The van der Waals surface area contributed by atoms with Crippen molar-refractivity contribution in [3.8, 4) is 0 Å². The third-order valence-corrected chi connectivity index (χ3v) is 1.42. The van der Waals surface area contributed by atoms with Crippen LogP contribution in [0.3, 0.4) is 0 Å². The van der Waals surface area contributed by atoms with Crippen LogP contribution in [-0.4, -0.2) is 18.3 Å². The van der Waals surface area contributed by atoms with Crippen LogP contribution in [0.1, 0.15) is 25.7 Å². The Kier molecular flexibility index (Phi) is 10.5. The Morgan fingerprint density at radius 1 is 1.25 bits per heavy atom. The van der Waals surface area contributed by atoms with Crippen LogP contribution in [0.25, 0.3) is 0 Å². The molecule has 0 unspecified atom stereocenters. The Morgan fingerprint density at radius 3 is 2.17 bits per heavy atom. The SMILES string of the molecule is COC(=O)CCCCC(=O)Cl.Cl. The lowest BCUT2D eigenvalue weighted by atomic mass is 10.2. The molecule has 0 aliphatic heterocycles. The predicted molar refractivity (Wildman–Crippen MR) is 48.6 cm³/mol. The second kappa shape index (κ2) is 8.81. The fourth-order valence-electron chi connectivity index (χ4n) is 0.635. The molecule has 0 aliphatic rings. The van der Waals surface area contributed by atoms with E-state index in [1.54, 1.807) is 0 Å². The largest absolute Gasteiger partial charge is 0.469 e. The predicted octanol–water partition coefficient (Wildman–Crippen LogP) is 1.91. The van der Waals surface area contributed by atoms with E-state index in [2.05, 4.69) is 4.74 Å². The molecule has 0 aromatic rings. The molecule has 0 amide bonds. The van der Waals surface area contributed by atoms with Crippen LogP contribution in [0, 0.1) is 0 Å². The Labute approximate surface area is 82.8 Å². The van der Waals surface area contributed by atoms with E-state index < -0.39 is 0 Å². The lowest BCUT2D eigenvalue weighted by molar-refractivity contribution is -0.140. The zero-order chi connectivity index (χ0) is 8.69. The molecule has 0 radical (unpaired) electrons. The molecular weight excluding hydrogens is 203 g/mol. The van der Waals surface area contributed by atoms with Crippen molar-refractivity contribution in [3.05, 3.63) is 0 Å². The van der Waals surface area contributed by atoms with Crippen LogP contribution in [0.2, 0.25) is 0 Å². The molecule has 0 fully saturated rings. The highest BCUT2D eigenvalue weighted by molar-refractivity contribution is 6.63. The van der Waals surface area contributed by atoms with Gasteiger partial charge >= 0.3 is 5.97 Å². The molecule has 0 aromatic carbocycles. The Balaban J connectivity index is 0. The minimum atomic E-state index is -0.352. The second-order valence-corrected chi connectivity index (χ2v) is 2.56. The van der Waals surface area contributed by atoms with Gasteiger partial charge in [0.2, 0.25) is 5.24 Å². The molecule has 0 N–H and O–H groups in total. The summed E-state index contributed by atoms with van der Waals surface area (Å²) >= 11 is 5.07. The van der Waals surface area contributed by atoms with E-state index in [4.69, 9.17) is 11.6 Å². The number of rotatable bonds is 5. The van der Waals surface area contributed by atoms with Gasteiger partial charge in [-0.15, -0.1) is 12.4 Å². The number of carbonyl (C=O) groups is 2. The van der Waals surface area contributed by atoms with Gasteiger partial charge in [0.25, 0.3) is 0 Å². The molecule has 0 spiro atoms. The molecule has 0 saturated carbocycles. The van der Waals surface area contributed by atoms with Crippen molar-refractivity contribution >= 4 is 35.2 Å². The van der Waals surface area contributed by atoms with Crippen molar-refractivity contribution in [1.29, 1.82) is 0 Å². The Morgan fingerprint density at radius 2 is 1.75 bits per heavy atom. The molecule has 0 atom stereocenters. The molecule has 3 nitrogen and oxygen atoms in total. The Hall–Kier alpha value is -0.280. The van der Waals surface area contributed by atoms with Crippen LogP contribution in [0.4, 0.5) is 0 Å². The van der Waals surface area contributed by atoms with E-state index in [9.17, 15) is 9.59 Å². The summed E-state index contributed by atoms with van der Waals surface area (Å²) in [6, 6.07) is 0. The van der Waals surface area contributed by atoms with Crippen molar-refractivity contribution in [2.24, 2.45) is 0 Å². The van der Waals surface area contributed by atoms with Gasteiger partial charge in [0.05, 0.1) is 7.11 Å². The van der Waals surface area contributed by atoms with E-state index in [0.717, 1.165) is 0 Å². The van der Waals surface area contributed by atoms with Gasteiger partial charge in [-0.1, -0.05) is 0 Å². The molecular formula is C7H12Cl2O3. The minimum absolute atomic E-state index is 0. The van der Waals surface area contributed by atoms with Gasteiger partial charge in [-0.05, 0) is 24.4 Å². The van der Waals surface area contributed by atoms with E-state index in [1.807, 2.05) is 0 Å². The first-order valence-electron chi connectivity index (χ1n) is 3.42. The smallest absolute Gasteiger partial charge is 0.305 e. The summed E-state index contributed by atoms with van der Waals surface area (Å²) in [4.78, 5) is 20.7. The van der Waals surface area contributed by atoms with Crippen molar-refractivity contribution in [3.63, 3.8) is 0 Å². The number of unbranched alkanes of at least 4 members (excludes halogenated alkanes) is 1. The van der Waals surface area contributed by atoms with Gasteiger partial charge in [0.15, 0.2) is 0 Å². The van der Waals surface area contributed by atoms with Gasteiger partial charge in [0.1, 0.15) is 0 Å². The van der Waals surface area contributed by atoms with Crippen LogP contribution in [-0.2, 0) is 14.3 Å². The van der Waals surface area contributed by atoms with Crippen LogP contribution >= 0.6 is 24.0 Å². The summed E-state index contributed by atoms with van der Waals surface area (Å²) in [7, 11) is 1.34. The maximum absolute atomic E-state index is 10.5. The van der Waals surface area contributed by atoms with E-state index >= 15 is 0 Å². The maximum Gasteiger partial charge on any atom is 0.305 e. The third-order valence-electron chi connectivity index (χ3n) is 1.23. The monoisotopic (exact) mass is 214 g/mol. The van der Waals surface area contributed by atoms with Crippen molar-refractivity contribution in [2.45, 2.75) is 25.7 Å². The zero-order valence-electron chi connectivity index (χ0n) is 6.84. The quantitative estimate of drug-likeness (QED) is 0.399. The highest BCUT2D eigenvalue weighted by Crippen LogP contribution is 2.02. The highest BCUT2D eigenvalue weighted by atomic mass is 35.5. The van der Waals surface area contributed by atoms with Crippen LogP contribution in [0.15, 0.2) is 0 Å². The summed E-state index contributed by atoms with van der Waals surface area (Å²) in [5.41, 5.74) is 0. The van der Waals surface area contributed by atoms with E-state index in [0.29, 0.717) is 25.7 Å². The number of halogens is 2. The fourth-order valence-corrected chi connectivity index (χ4v) is 0.769. The lowest BCUT2D eigenvalue weighted by Crippen LogP contribution is -1.99. The number of methoxy groups -OCH3 is 1. The molecule has 0 bridgehead atoms. The van der Waals surface area contributed by atoms with Gasteiger partial charge in [-0.3, -0.25) is 9.59 Å². The average molecular weight is 215 g/mol. The minimum Gasteiger partial charge on any atom is -0.469 e. The van der Waals surface area contributed by atoms with Crippen LogP contribution < -0.4 is 0 Å². The number of ether oxygens (including phenoxy) is 1. The lowest BCUT2D eigenvalue weighted by Gasteiger charge is -1.96. The fraction of sp³-hybridized carbons (Fsp3) is 0.714. The van der Waals surface area contributed by atoms with E-state index in [-0.39, 0.29) is 23.6 Å². The summed E-state index contributed by atoms with van der Waals surface area (Å²) in [5.74, 6) is -0.243. The standard InChI is InChI=1S/C7H11ClO3.ClH/c1-11-7(10)5-3-2-4-6(8)9;/h2-5H2,1H3;1H. The van der Waals surface area contributed by atoms with Crippen LogP contribution in [0.5, 0.6) is 0 Å². The number of hydrogen-bond acceptors (Lipinski definition) is 3. The molecule has 12 heavy (non-hydrogen) atoms. The van der Waals surface area contributed by atoms with Crippen molar-refractivity contribution < 1.29 is 14.3 Å². The van der Waals surface area contributed by atoms with Gasteiger partial charge in [0, 0.05) is 12.8 Å². The first kappa shape index (κ1) is 14.3. The molecule has 0 aromatic heterocycles. The normalized spacial score (nSPS) is 8.50. The molecule has 0 heterocycles. The first-order chi connectivity index (χ1) is 5.16. The highest BCUT2D eigenvalue weighted by Gasteiger charge is 2.00. The summed E-state index contributed by atoms with van der Waals surface area (Å²) in [5, 5.41) is -0.352. The number of hydrogen-bond donors (Lipinski definition) is 0. The third kappa shape index (κ3) is 9.72. The topological polar surface area (TPSA) is 43.4 Å². The van der Waals surface area contributed by atoms with Crippen molar-refractivity contribution in [2.75, 3.05) is 7.11 Å². The van der Waals surface area contributed by atoms with Crippen molar-refractivity contribution in [1.82, 2.24) is 0 Å². The summed E-state index contributed by atoms with van der Waals surface area (Å²) < 4.78 is 4.40. The average Bonchev–Trinajstić information content (AvgIpc) is 1.97. The molecule has 5 heteroatoms. The second-order valence-electron chi connectivity index (χ2n) is 2.14. The Bertz CT molecular complexity index is 148. The zero-order valence-corrected chi connectivity index (χ0v) is 8.41. The molecule has 72 valence electrons. The summed E-state index contributed by atoms with van der Waals surface area (Å²) in [6.45, 7) is 0. The van der Waals surface area contributed by atoms with Gasteiger partial charge < -0.3 is 4.74 Å².